The van der Waals surface area contributed by atoms with Crippen molar-refractivity contribution in [3.05, 3.63) is 35.9 Å². The molecule has 2 nitrogen and oxygen atoms in total. The molecule has 1 aromatic rings. The molecule has 0 spiro atoms. The first-order valence-corrected chi connectivity index (χ1v) is 7.56. The highest BCUT2D eigenvalue weighted by molar-refractivity contribution is 7.99. The van der Waals surface area contributed by atoms with Gasteiger partial charge in [0.2, 0.25) is 0 Å². The minimum Gasteiger partial charge on any atom is -0.448 e. The fourth-order valence-corrected chi connectivity index (χ4v) is 3.79. The van der Waals surface area contributed by atoms with Crippen molar-refractivity contribution in [2.45, 2.75) is 49.7 Å². The molecule has 0 heterocycles. The Morgan fingerprint density at radius 2 is 1.89 bits per heavy atom. The summed E-state index contributed by atoms with van der Waals surface area (Å²) in [7, 11) is 0. The second-order valence-corrected chi connectivity index (χ2v) is 6.16. The third-order valence-electron chi connectivity index (χ3n) is 3.29. The van der Waals surface area contributed by atoms with E-state index in [0.717, 1.165) is 31.4 Å². The number of thioether (sulfide) groups is 1. The molecule has 1 saturated carbocycles. The van der Waals surface area contributed by atoms with Gasteiger partial charge in [0.05, 0.1) is 0 Å². The van der Waals surface area contributed by atoms with E-state index < -0.39 is 0 Å². The fraction of sp³-hybridized carbons (Fsp3) is 0.533. The number of rotatable bonds is 4. The summed E-state index contributed by atoms with van der Waals surface area (Å²) in [6, 6.07) is 10.4. The number of hydrogen-bond donors (Lipinski definition) is 0. The van der Waals surface area contributed by atoms with Crippen molar-refractivity contribution in [1.82, 2.24) is 0 Å². The number of hydrogen-bond acceptors (Lipinski definition) is 3. The molecule has 0 aromatic heterocycles. The van der Waals surface area contributed by atoms with E-state index in [-0.39, 0.29) is 10.9 Å². The largest absolute Gasteiger partial charge is 0.448 e. The molecule has 0 bridgehead atoms. The maximum absolute atomic E-state index is 11.3. The maximum atomic E-state index is 11.3. The van der Waals surface area contributed by atoms with Crippen LogP contribution in [-0.4, -0.2) is 10.9 Å². The van der Waals surface area contributed by atoms with E-state index in [1.165, 1.54) is 18.9 Å². The van der Waals surface area contributed by atoms with Crippen molar-refractivity contribution in [3.63, 3.8) is 0 Å². The SMILES string of the molecule is CC(=O)OC1(SCc2ccccc2)CCCCC1. The van der Waals surface area contributed by atoms with Crippen LogP contribution in [0.25, 0.3) is 0 Å². The molecule has 0 saturated heterocycles. The average molecular weight is 264 g/mol. The van der Waals surface area contributed by atoms with E-state index in [0.29, 0.717) is 0 Å². The predicted molar refractivity (Wildman–Crippen MR) is 75.3 cm³/mol. The zero-order valence-corrected chi connectivity index (χ0v) is 11.7. The molecule has 0 radical (unpaired) electrons. The third-order valence-corrected chi connectivity index (χ3v) is 4.79. The molecule has 0 unspecified atom stereocenters. The Labute approximate surface area is 113 Å². The highest BCUT2D eigenvalue weighted by atomic mass is 32.2. The highest BCUT2D eigenvalue weighted by Gasteiger charge is 2.35. The van der Waals surface area contributed by atoms with Crippen LogP contribution >= 0.6 is 11.8 Å². The van der Waals surface area contributed by atoms with Gasteiger partial charge in [0.25, 0.3) is 0 Å². The van der Waals surface area contributed by atoms with E-state index in [2.05, 4.69) is 24.3 Å². The van der Waals surface area contributed by atoms with Crippen LogP contribution in [0.4, 0.5) is 0 Å². The molecule has 1 aliphatic carbocycles. The van der Waals surface area contributed by atoms with Crippen LogP contribution in [0, 0.1) is 0 Å². The molecule has 0 N–H and O–H groups in total. The van der Waals surface area contributed by atoms with Crippen molar-refractivity contribution >= 4 is 17.7 Å². The summed E-state index contributed by atoms with van der Waals surface area (Å²) >= 11 is 1.78. The van der Waals surface area contributed by atoms with Gasteiger partial charge in [-0.15, -0.1) is 11.8 Å². The van der Waals surface area contributed by atoms with Crippen LogP contribution in [-0.2, 0) is 15.3 Å². The number of carbonyl (C=O) groups is 1. The maximum Gasteiger partial charge on any atom is 0.304 e. The molecule has 1 aliphatic rings. The van der Waals surface area contributed by atoms with Crippen molar-refractivity contribution in [2.75, 3.05) is 0 Å². The van der Waals surface area contributed by atoms with Gasteiger partial charge in [0, 0.05) is 12.7 Å². The number of esters is 1. The Balaban J connectivity index is 1.99. The van der Waals surface area contributed by atoms with Gasteiger partial charge in [-0.2, -0.15) is 0 Å². The van der Waals surface area contributed by atoms with E-state index in [1.54, 1.807) is 11.8 Å². The quantitative estimate of drug-likeness (QED) is 0.604. The minimum absolute atomic E-state index is 0.155. The van der Waals surface area contributed by atoms with Gasteiger partial charge < -0.3 is 4.74 Å². The monoisotopic (exact) mass is 264 g/mol. The second-order valence-electron chi connectivity index (χ2n) is 4.84. The van der Waals surface area contributed by atoms with Gasteiger partial charge in [-0.3, -0.25) is 4.79 Å². The van der Waals surface area contributed by atoms with Crippen molar-refractivity contribution in [2.24, 2.45) is 0 Å². The van der Waals surface area contributed by atoms with E-state index in [9.17, 15) is 4.79 Å². The van der Waals surface area contributed by atoms with Crippen molar-refractivity contribution in [1.29, 1.82) is 0 Å². The summed E-state index contributed by atoms with van der Waals surface area (Å²) in [5.74, 6) is 0.756. The molecular formula is C15H20O2S. The topological polar surface area (TPSA) is 26.3 Å². The predicted octanol–water partition coefficient (Wildman–Crippen LogP) is 4.14. The lowest BCUT2D eigenvalue weighted by molar-refractivity contribution is -0.150. The lowest BCUT2D eigenvalue weighted by atomic mass is 9.97. The molecule has 1 fully saturated rings. The Morgan fingerprint density at radius 3 is 2.50 bits per heavy atom. The summed E-state index contributed by atoms with van der Waals surface area (Å²) < 4.78 is 5.62. The highest BCUT2D eigenvalue weighted by Crippen LogP contribution is 2.42. The lowest BCUT2D eigenvalue weighted by Crippen LogP contribution is -2.33. The van der Waals surface area contributed by atoms with E-state index >= 15 is 0 Å². The van der Waals surface area contributed by atoms with E-state index in [4.69, 9.17) is 4.74 Å². The zero-order valence-electron chi connectivity index (χ0n) is 10.9. The molecule has 0 aliphatic heterocycles. The molecule has 1 aromatic carbocycles. The molecule has 0 amide bonds. The average Bonchev–Trinajstić information content (AvgIpc) is 2.38. The molecule has 18 heavy (non-hydrogen) atoms. The van der Waals surface area contributed by atoms with Gasteiger partial charge in [-0.05, 0) is 31.2 Å². The molecule has 2 rings (SSSR count). The van der Waals surface area contributed by atoms with Gasteiger partial charge in [0.15, 0.2) is 4.93 Å². The minimum atomic E-state index is -0.278. The Bertz CT molecular complexity index is 383. The van der Waals surface area contributed by atoms with Gasteiger partial charge in [-0.25, -0.2) is 0 Å². The van der Waals surface area contributed by atoms with Crippen LogP contribution in [0.5, 0.6) is 0 Å². The Morgan fingerprint density at radius 1 is 1.22 bits per heavy atom. The van der Waals surface area contributed by atoms with Gasteiger partial charge >= 0.3 is 5.97 Å². The molecule has 0 atom stereocenters. The van der Waals surface area contributed by atoms with Crippen LogP contribution in [0.3, 0.4) is 0 Å². The summed E-state index contributed by atoms with van der Waals surface area (Å²) in [6.45, 7) is 1.51. The van der Waals surface area contributed by atoms with Crippen LogP contribution < -0.4 is 0 Å². The summed E-state index contributed by atoms with van der Waals surface area (Å²) in [5, 5.41) is 0. The third kappa shape index (κ3) is 3.77. The first-order chi connectivity index (χ1) is 8.70. The summed E-state index contributed by atoms with van der Waals surface area (Å²) in [4.78, 5) is 11.0. The summed E-state index contributed by atoms with van der Waals surface area (Å²) in [5.41, 5.74) is 1.29. The fourth-order valence-electron chi connectivity index (χ4n) is 2.42. The Hall–Kier alpha value is -0.960. The normalized spacial score (nSPS) is 18.3. The van der Waals surface area contributed by atoms with Crippen LogP contribution in [0.15, 0.2) is 30.3 Å². The van der Waals surface area contributed by atoms with Gasteiger partial charge in [-0.1, -0.05) is 36.8 Å². The number of benzene rings is 1. The lowest BCUT2D eigenvalue weighted by Gasteiger charge is -2.35. The first kappa shape index (κ1) is 13.5. The van der Waals surface area contributed by atoms with Crippen molar-refractivity contribution < 1.29 is 9.53 Å². The van der Waals surface area contributed by atoms with Gasteiger partial charge in [0.1, 0.15) is 0 Å². The molecular weight excluding hydrogens is 244 g/mol. The standard InChI is InChI=1S/C15H20O2S/c1-13(16)17-15(10-6-3-7-11-15)18-12-14-8-4-2-5-9-14/h2,4-5,8-9H,3,6-7,10-12H2,1H3. The zero-order chi connectivity index (χ0) is 12.8. The molecule has 98 valence electrons. The smallest absolute Gasteiger partial charge is 0.304 e. The van der Waals surface area contributed by atoms with Crippen molar-refractivity contribution in [3.8, 4) is 0 Å². The van der Waals surface area contributed by atoms with E-state index in [1.807, 2.05) is 6.07 Å². The van der Waals surface area contributed by atoms with Crippen LogP contribution in [0.1, 0.15) is 44.6 Å². The first-order valence-electron chi connectivity index (χ1n) is 6.58. The number of carbonyl (C=O) groups excluding carboxylic acids is 1. The van der Waals surface area contributed by atoms with Crippen LogP contribution in [0.2, 0.25) is 0 Å². The Kier molecular flexibility index (Phi) is 4.70. The second kappa shape index (κ2) is 6.28. The summed E-state index contributed by atoms with van der Waals surface area (Å²) in [6.07, 6.45) is 5.56. The number of ether oxygens (including phenoxy) is 1. The molecule has 3 heteroatoms.